The van der Waals surface area contributed by atoms with E-state index < -0.39 is 12.0 Å². The highest BCUT2D eigenvalue weighted by molar-refractivity contribution is 6.07. The number of rotatable bonds is 3. The second-order valence-electron chi connectivity index (χ2n) is 7.87. The van der Waals surface area contributed by atoms with Crippen LogP contribution in [0.4, 0.5) is 0 Å². The van der Waals surface area contributed by atoms with Crippen LogP contribution in [-0.4, -0.2) is 39.5 Å². The van der Waals surface area contributed by atoms with Crippen LogP contribution in [0.2, 0.25) is 0 Å². The quantitative estimate of drug-likeness (QED) is 0.913. The molecule has 1 saturated heterocycles. The summed E-state index contributed by atoms with van der Waals surface area (Å²) in [5.74, 6) is -0.339. The summed E-state index contributed by atoms with van der Waals surface area (Å²) in [6.07, 6.45) is 3.57. The van der Waals surface area contributed by atoms with Crippen molar-refractivity contribution in [2.45, 2.75) is 51.5 Å². The standard InChI is InChI=1S/C21H24N2O3/c1-12-3-6-17-15(9-12)16(11-18(22-17)14-4-5-14)20(24)23-8-7-13(2)10-19(23)21(25)26/h3,6,9,11,13-14,19H,4-5,7-8,10H2,1-2H3,(H,25,26). The summed E-state index contributed by atoms with van der Waals surface area (Å²) in [6.45, 7) is 4.53. The predicted octanol–water partition coefficient (Wildman–Crippen LogP) is 3.75. The molecule has 5 nitrogen and oxygen atoms in total. The monoisotopic (exact) mass is 352 g/mol. The zero-order valence-corrected chi connectivity index (χ0v) is 15.2. The van der Waals surface area contributed by atoms with E-state index in [1.54, 1.807) is 4.90 Å². The fourth-order valence-corrected chi connectivity index (χ4v) is 3.90. The highest BCUT2D eigenvalue weighted by Crippen LogP contribution is 2.40. The molecule has 2 heterocycles. The topological polar surface area (TPSA) is 70.5 Å². The highest BCUT2D eigenvalue weighted by atomic mass is 16.4. The Morgan fingerprint density at radius 1 is 1.19 bits per heavy atom. The number of amides is 1. The second kappa shape index (κ2) is 6.38. The molecular weight excluding hydrogens is 328 g/mol. The van der Waals surface area contributed by atoms with Gasteiger partial charge in [0.2, 0.25) is 0 Å². The van der Waals surface area contributed by atoms with Crippen LogP contribution in [0.5, 0.6) is 0 Å². The van der Waals surface area contributed by atoms with E-state index >= 15 is 0 Å². The number of fused-ring (bicyclic) bond motifs is 1. The number of aryl methyl sites for hydroxylation is 1. The van der Waals surface area contributed by atoms with Gasteiger partial charge < -0.3 is 10.0 Å². The van der Waals surface area contributed by atoms with Gasteiger partial charge in [-0.3, -0.25) is 9.78 Å². The van der Waals surface area contributed by atoms with Gasteiger partial charge in [-0.05, 0) is 56.7 Å². The second-order valence-corrected chi connectivity index (χ2v) is 7.87. The van der Waals surface area contributed by atoms with Crippen LogP contribution in [0.25, 0.3) is 10.9 Å². The summed E-state index contributed by atoms with van der Waals surface area (Å²) in [6, 6.07) is 7.10. The van der Waals surface area contributed by atoms with Gasteiger partial charge in [0.05, 0.1) is 11.1 Å². The minimum Gasteiger partial charge on any atom is -0.480 e. The normalized spacial score (nSPS) is 23.2. The smallest absolute Gasteiger partial charge is 0.326 e. The number of benzene rings is 1. The van der Waals surface area contributed by atoms with Crippen LogP contribution in [0.3, 0.4) is 0 Å². The zero-order chi connectivity index (χ0) is 18.4. The Morgan fingerprint density at radius 2 is 1.96 bits per heavy atom. The van der Waals surface area contributed by atoms with Crippen LogP contribution in [0.1, 0.15) is 60.1 Å². The Bertz CT molecular complexity index is 888. The van der Waals surface area contributed by atoms with Gasteiger partial charge in [-0.25, -0.2) is 4.79 Å². The number of carboxylic acid groups (broad SMARTS) is 1. The van der Waals surface area contributed by atoms with Crippen LogP contribution in [-0.2, 0) is 4.79 Å². The lowest BCUT2D eigenvalue weighted by Crippen LogP contribution is -2.49. The minimum atomic E-state index is -0.915. The number of pyridine rings is 1. The summed E-state index contributed by atoms with van der Waals surface area (Å²) in [5.41, 5.74) is 3.44. The number of piperidine rings is 1. The largest absolute Gasteiger partial charge is 0.480 e. The van der Waals surface area contributed by atoms with E-state index in [1.807, 2.05) is 38.1 Å². The fraction of sp³-hybridized carbons (Fsp3) is 0.476. The molecule has 0 bridgehead atoms. The molecule has 2 fully saturated rings. The molecule has 1 aromatic carbocycles. The van der Waals surface area contributed by atoms with Gasteiger partial charge >= 0.3 is 5.97 Å². The fourth-order valence-electron chi connectivity index (χ4n) is 3.90. The molecular formula is C21H24N2O3. The zero-order valence-electron chi connectivity index (χ0n) is 15.2. The summed E-state index contributed by atoms with van der Waals surface area (Å²) in [7, 11) is 0. The van der Waals surface area contributed by atoms with Crippen LogP contribution >= 0.6 is 0 Å². The van der Waals surface area contributed by atoms with Gasteiger partial charge in [0.25, 0.3) is 5.91 Å². The third kappa shape index (κ3) is 3.06. The molecule has 136 valence electrons. The maximum Gasteiger partial charge on any atom is 0.326 e. The van der Waals surface area contributed by atoms with Crippen LogP contribution < -0.4 is 0 Å². The maximum atomic E-state index is 13.4. The molecule has 1 aliphatic heterocycles. The first-order chi connectivity index (χ1) is 12.4. The summed E-state index contributed by atoms with van der Waals surface area (Å²) in [5, 5.41) is 10.4. The van der Waals surface area contributed by atoms with Crippen molar-refractivity contribution in [1.29, 1.82) is 0 Å². The van der Waals surface area contributed by atoms with Crippen molar-refractivity contribution in [2.75, 3.05) is 6.54 Å². The van der Waals surface area contributed by atoms with Crippen molar-refractivity contribution >= 4 is 22.8 Å². The highest BCUT2D eigenvalue weighted by Gasteiger charge is 2.36. The molecule has 2 aromatic rings. The van der Waals surface area contributed by atoms with Crippen LogP contribution in [0, 0.1) is 12.8 Å². The van der Waals surface area contributed by atoms with E-state index in [1.165, 1.54) is 0 Å². The first-order valence-electron chi connectivity index (χ1n) is 9.39. The van der Waals surface area contributed by atoms with Gasteiger partial charge in [-0.15, -0.1) is 0 Å². The number of hydrogen-bond donors (Lipinski definition) is 1. The van der Waals surface area contributed by atoms with Gasteiger partial charge in [-0.2, -0.15) is 0 Å². The van der Waals surface area contributed by atoms with Gasteiger partial charge in [0, 0.05) is 23.5 Å². The Labute approximate surface area is 153 Å². The van der Waals surface area contributed by atoms with E-state index in [2.05, 4.69) is 0 Å². The average Bonchev–Trinajstić information content (AvgIpc) is 3.45. The van der Waals surface area contributed by atoms with E-state index in [9.17, 15) is 14.7 Å². The molecule has 1 saturated carbocycles. The van der Waals surface area contributed by atoms with E-state index in [-0.39, 0.29) is 5.91 Å². The lowest BCUT2D eigenvalue weighted by atomic mass is 9.91. The number of aromatic nitrogens is 1. The third-order valence-electron chi connectivity index (χ3n) is 5.62. The molecule has 1 aliphatic carbocycles. The Balaban J connectivity index is 1.80. The molecule has 2 unspecified atom stereocenters. The minimum absolute atomic E-state index is 0.177. The number of carboxylic acids is 1. The van der Waals surface area contributed by atoms with Crippen molar-refractivity contribution in [2.24, 2.45) is 5.92 Å². The lowest BCUT2D eigenvalue weighted by Gasteiger charge is -2.36. The number of carbonyl (C=O) groups excluding carboxylic acids is 1. The van der Waals surface area contributed by atoms with Crippen LogP contribution in [0.15, 0.2) is 24.3 Å². The summed E-state index contributed by atoms with van der Waals surface area (Å²) >= 11 is 0. The van der Waals surface area contributed by atoms with E-state index in [0.29, 0.717) is 30.4 Å². The predicted molar refractivity (Wildman–Crippen MR) is 99.3 cm³/mol. The molecule has 5 heteroatoms. The van der Waals surface area contributed by atoms with Gasteiger partial charge in [0.1, 0.15) is 6.04 Å². The van der Waals surface area contributed by atoms with Crippen molar-refractivity contribution < 1.29 is 14.7 Å². The average molecular weight is 352 g/mol. The first kappa shape index (κ1) is 17.0. The molecule has 1 aromatic heterocycles. The molecule has 1 N–H and O–H groups in total. The number of carbonyl (C=O) groups is 2. The Kier molecular flexibility index (Phi) is 4.17. The molecule has 0 spiro atoms. The number of aliphatic carboxylic acids is 1. The maximum absolute atomic E-state index is 13.4. The molecule has 0 radical (unpaired) electrons. The molecule has 1 amide bonds. The lowest BCUT2D eigenvalue weighted by molar-refractivity contribution is -0.144. The molecule has 26 heavy (non-hydrogen) atoms. The Hall–Kier alpha value is -2.43. The summed E-state index contributed by atoms with van der Waals surface area (Å²) in [4.78, 5) is 31.4. The first-order valence-corrected chi connectivity index (χ1v) is 9.39. The van der Waals surface area contributed by atoms with E-state index in [0.717, 1.165) is 41.4 Å². The SMILES string of the molecule is Cc1ccc2nc(C3CC3)cc(C(=O)N3CCC(C)CC3C(=O)O)c2c1. The van der Waals surface area contributed by atoms with Gasteiger partial charge in [-0.1, -0.05) is 18.6 Å². The third-order valence-corrected chi connectivity index (χ3v) is 5.62. The number of hydrogen-bond acceptors (Lipinski definition) is 3. The van der Waals surface area contributed by atoms with Crippen molar-refractivity contribution in [3.8, 4) is 0 Å². The van der Waals surface area contributed by atoms with Crippen molar-refractivity contribution in [3.63, 3.8) is 0 Å². The molecule has 2 atom stereocenters. The van der Waals surface area contributed by atoms with Gasteiger partial charge in [0.15, 0.2) is 0 Å². The van der Waals surface area contributed by atoms with Crippen molar-refractivity contribution in [1.82, 2.24) is 9.88 Å². The summed E-state index contributed by atoms with van der Waals surface area (Å²) < 4.78 is 0. The molecule has 4 rings (SSSR count). The number of nitrogens with zero attached hydrogens (tertiary/aromatic N) is 2. The molecule has 2 aliphatic rings. The van der Waals surface area contributed by atoms with Crippen molar-refractivity contribution in [3.05, 3.63) is 41.1 Å². The number of likely N-dealkylation sites (tertiary alicyclic amines) is 1. The Morgan fingerprint density at radius 3 is 2.65 bits per heavy atom. The van der Waals surface area contributed by atoms with E-state index in [4.69, 9.17) is 4.98 Å².